The van der Waals surface area contributed by atoms with E-state index in [2.05, 4.69) is 10.2 Å². The normalized spacial score (nSPS) is 19.5. The number of aliphatic hydroxyl groups excluding tert-OH is 1. The van der Waals surface area contributed by atoms with Crippen LogP contribution >= 0.6 is 11.6 Å². The molecule has 1 heterocycles. The minimum absolute atomic E-state index is 0.0103. The molecule has 0 aliphatic carbocycles. The zero-order valence-corrected chi connectivity index (χ0v) is 12.6. The van der Waals surface area contributed by atoms with E-state index in [4.69, 9.17) is 16.7 Å². The van der Waals surface area contributed by atoms with Crippen molar-refractivity contribution >= 4 is 23.2 Å². The summed E-state index contributed by atoms with van der Waals surface area (Å²) in [5, 5.41) is 11.8. The van der Waals surface area contributed by atoms with Crippen LogP contribution in [0.3, 0.4) is 0 Å². The van der Waals surface area contributed by atoms with Crippen molar-refractivity contribution in [2.45, 2.75) is 31.7 Å². The molecule has 6 heteroatoms. The van der Waals surface area contributed by atoms with Gasteiger partial charge in [-0.05, 0) is 44.0 Å². The highest BCUT2D eigenvalue weighted by Gasteiger charge is 2.23. The quantitative estimate of drug-likeness (QED) is 0.878. The molecule has 1 fully saturated rings. The smallest absolute Gasteiger partial charge is 0.238 e. The van der Waals surface area contributed by atoms with E-state index in [-0.39, 0.29) is 30.1 Å². The van der Waals surface area contributed by atoms with E-state index in [0.717, 1.165) is 25.8 Å². The molecule has 21 heavy (non-hydrogen) atoms. The molecule has 1 aliphatic rings. The molecular weight excluding hydrogens is 295 g/mol. The minimum atomic E-state index is -0.506. The SMILES string of the molecule is O=C(CN1CCCCC1CCO)Nc1ccc(F)c(Cl)c1. The Labute approximate surface area is 128 Å². The maximum Gasteiger partial charge on any atom is 0.238 e. The van der Waals surface area contributed by atoms with E-state index in [9.17, 15) is 9.18 Å². The summed E-state index contributed by atoms with van der Waals surface area (Å²) < 4.78 is 13.1. The van der Waals surface area contributed by atoms with Crippen LogP contribution in [0.1, 0.15) is 25.7 Å². The van der Waals surface area contributed by atoms with Gasteiger partial charge in [-0.15, -0.1) is 0 Å². The molecule has 1 unspecified atom stereocenters. The van der Waals surface area contributed by atoms with Crippen molar-refractivity contribution in [1.29, 1.82) is 0 Å². The first-order valence-corrected chi connectivity index (χ1v) is 7.58. The number of benzene rings is 1. The lowest BCUT2D eigenvalue weighted by Crippen LogP contribution is -2.44. The molecule has 0 spiro atoms. The summed E-state index contributed by atoms with van der Waals surface area (Å²) in [6, 6.07) is 4.37. The Kier molecular flexibility index (Phi) is 5.96. The molecule has 1 atom stereocenters. The van der Waals surface area contributed by atoms with Crippen molar-refractivity contribution < 1.29 is 14.3 Å². The van der Waals surface area contributed by atoms with Crippen molar-refractivity contribution in [2.24, 2.45) is 0 Å². The van der Waals surface area contributed by atoms with E-state index >= 15 is 0 Å². The van der Waals surface area contributed by atoms with Gasteiger partial charge in [0.05, 0.1) is 11.6 Å². The summed E-state index contributed by atoms with van der Waals surface area (Å²) >= 11 is 5.69. The van der Waals surface area contributed by atoms with Crippen LogP contribution in [-0.2, 0) is 4.79 Å². The summed E-state index contributed by atoms with van der Waals surface area (Å²) in [7, 11) is 0. The van der Waals surface area contributed by atoms with Gasteiger partial charge < -0.3 is 10.4 Å². The predicted molar refractivity (Wildman–Crippen MR) is 81.0 cm³/mol. The Morgan fingerprint density at radius 1 is 1.48 bits per heavy atom. The largest absolute Gasteiger partial charge is 0.396 e. The summed E-state index contributed by atoms with van der Waals surface area (Å²) in [4.78, 5) is 14.2. The molecule has 2 N–H and O–H groups in total. The lowest BCUT2D eigenvalue weighted by Gasteiger charge is -2.34. The lowest BCUT2D eigenvalue weighted by atomic mass is 10.00. The Balaban J connectivity index is 1.92. The molecule has 1 amide bonds. The van der Waals surface area contributed by atoms with Crippen LogP contribution < -0.4 is 5.32 Å². The van der Waals surface area contributed by atoms with Gasteiger partial charge in [0.15, 0.2) is 0 Å². The van der Waals surface area contributed by atoms with Gasteiger partial charge in [0.25, 0.3) is 0 Å². The predicted octanol–water partition coefficient (Wildman–Crippen LogP) is 2.65. The standard InChI is InChI=1S/C15H20ClFN2O2/c16-13-9-11(4-5-14(13)17)18-15(21)10-19-7-2-1-3-12(19)6-8-20/h4-5,9,12,20H,1-3,6-8,10H2,(H,18,21). The third-order valence-electron chi connectivity index (χ3n) is 3.76. The summed E-state index contributed by atoms with van der Waals surface area (Å²) in [6.07, 6.45) is 3.90. The van der Waals surface area contributed by atoms with Crippen molar-refractivity contribution in [2.75, 3.05) is 25.0 Å². The number of amides is 1. The Morgan fingerprint density at radius 2 is 2.29 bits per heavy atom. The first kappa shape index (κ1) is 16.2. The summed E-state index contributed by atoms with van der Waals surface area (Å²) in [5.41, 5.74) is 0.488. The molecule has 4 nitrogen and oxygen atoms in total. The number of nitrogens with zero attached hydrogens (tertiary/aromatic N) is 1. The molecular formula is C15H20ClFN2O2. The molecule has 116 valence electrons. The second-order valence-corrected chi connectivity index (χ2v) is 5.72. The number of halogens is 2. The highest BCUT2D eigenvalue weighted by atomic mass is 35.5. The van der Waals surface area contributed by atoms with Gasteiger partial charge in [-0.1, -0.05) is 18.0 Å². The van der Waals surface area contributed by atoms with Crippen LogP contribution in [-0.4, -0.2) is 41.7 Å². The van der Waals surface area contributed by atoms with Crippen LogP contribution in [0, 0.1) is 5.82 Å². The third kappa shape index (κ3) is 4.66. The number of hydrogen-bond acceptors (Lipinski definition) is 3. The highest BCUT2D eigenvalue weighted by molar-refractivity contribution is 6.31. The zero-order chi connectivity index (χ0) is 15.2. The van der Waals surface area contributed by atoms with Crippen LogP contribution in [0.4, 0.5) is 10.1 Å². The molecule has 0 radical (unpaired) electrons. The Hall–Kier alpha value is -1.17. The maximum absolute atomic E-state index is 13.1. The average Bonchev–Trinajstić information content (AvgIpc) is 2.45. The summed E-state index contributed by atoms with van der Waals surface area (Å²) in [6.45, 7) is 1.28. The first-order chi connectivity index (χ1) is 10.1. The number of hydrogen-bond donors (Lipinski definition) is 2. The molecule has 1 aromatic carbocycles. The van der Waals surface area contributed by atoms with E-state index in [1.807, 2.05) is 0 Å². The number of aliphatic hydroxyl groups is 1. The molecule has 2 rings (SSSR count). The van der Waals surface area contributed by atoms with E-state index in [1.165, 1.54) is 18.2 Å². The van der Waals surface area contributed by atoms with Gasteiger partial charge in [0.2, 0.25) is 5.91 Å². The number of carbonyl (C=O) groups excluding carboxylic acids is 1. The molecule has 0 aromatic heterocycles. The van der Waals surface area contributed by atoms with Gasteiger partial charge in [-0.3, -0.25) is 9.69 Å². The van der Waals surface area contributed by atoms with Gasteiger partial charge >= 0.3 is 0 Å². The maximum atomic E-state index is 13.1. The van der Waals surface area contributed by atoms with Crippen LogP contribution in [0.2, 0.25) is 5.02 Å². The second kappa shape index (κ2) is 7.73. The molecule has 0 bridgehead atoms. The number of nitrogens with one attached hydrogen (secondary N) is 1. The number of carbonyl (C=O) groups is 1. The number of piperidine rings is 1. The van der Waals surface area contributed by atoms with Crippen molar-refractivity contribution in [3.8, 4) is 0 Å². The lowest BCUT2D eigenvalue weighted by molar-refractivity contribution is -0.118. The second-order valence-electron chi connectivity index (χ2n) is 5.31. The van der Waals surface area contributed by atoms with E-state index in [1.54, 1.807) is 0 Å². The van der Waals surface area contributed by atoms with Crippen molar-refractivity contribution in [3.05, 3.63) is 29.0 Å². The van der Waals surface area contributed by atoms with Crippen LogP contribution in [0.25, 0.3) is 0 Å². The fourth-order valence-electron chi connectivity index (χ4n) is 2.70. The fourth-order valence-corrected chi connectivity index (χ4v) is 2.88. The average molecular weight is 315 g/mol. The topological polar surface area (TPSA) is 52.6 Å². The van der Waals surface area contributed by atoms with Gasteiger partial charge in [0.1, 0.15) is 5.82 Å². The zero-order valence-electron chi connectivity index (χ0n) is 11.8. The summed E-state index contributed by atoms with van der Waals surface area (Å²) in [5.74, 6) is -0.656. The molecule has 1 aromatic rings. The van der Waals surface area contributed by atoms with Gasteiger partial charge in [0, 0.05) is 18.3 Å². The monoisotopic (exact) mass is 314 g/mol. The minimum Gasteiger partial charge on any atom is -0.396 e. The van der Waals surface area contributed by atoms with Gasteiger partial charge in [-0.25, -0.2) is 4.39 Å². The van der Waals surface area contributed by atoms with Gasteiger partial charge in [-0.2, -0.15) is 0 Å². The number of rotatable bonds is 5. The van der Waals surface area contributed by atoms with Crippen molar-refractivity contribution in [3.63, 3.8) is 0 Å². The highest BCUT2D eigenvalue weighted by Crippen LogP contribution is 2.21. The molecule has 1 saturated heterocycles. The third-order valence-corrected chi connectivity index (χ3v) is 4.05. The molecule has 0 saturated carbocycles. The van der Waals surface area contributed by atoms with E-state index < -0.39 is 5.82 Å². The molecule has 1 aliphatic heterocycles. The van der Waals surface area contributed by atoms with E-state index in [0.29, 0.717) is 12.1 Å². The van der Waals surface area contributed by atoms with Crippen LogP contribution in [0.5, 0.6) is 0 Å². The number of anilines is 1. The number of likely N-dealkylation sites (tertiary alicyclic amines) is 1. The van der Waals surface area contributed by atoms with Crippen molar-refractivity contribution in [1.82, 2.24) is 4.90 Å². The van der Waals surface area contributed by atoms with Crippen LogP contribution in [0.15, 0.2) is 18.2 Å². The Morgan fingerprint density at radius 3 is 3.00 bits per heavy atom. The fraction of sp³-hybridized carbons (Fsp3) is 0.533. The Bertz CT molecular complexity index is 497. The first-order valence-electron chi connectivity index (χ1n) is 7.20.